The highest BCUT2D eigenvalue weighted by atomic mass is 16.4. The molecule has 0 aromatic heterocycles. The molecule has 0 radical (unpaired) electrons. The zero-order valence-corrected chi connectivity index (χ0v) is 19.6. The molecule has 5 rings (SSSR count). The molecule has 9 nitrogen and oxygen atoms in total. The maximum atomic E-state index is 12.6. The van der Waals surface area contributed by atoms with E-state index in [0.717, 1.165) is 53.9 Å². The van der Waals surface area contributed by atoms with Gasteiger partial charge in [-0.05, 0) is 55.4 Å². The minimum atomic E-state index is -1.31. The number of benzene rings is 2. The number of nitrogens with one attached hydrogen (secondary N) is 3. The molecule has 1 spiro atoms. The molecule has 1 unspecified atom stereocenters. The van der Waals surface area contributed by atoms with E-state index in [2.05, 4.69) is 59.1 Å². The predicted octanol–water partition coefficient (Wildman–Crippen LogP) is 2.70. The Hall–Kier alpha value is -3.75. The van der Waals surface area contributed by atoms with Gasteiger partial charge in [-0.15, -0.1) is 0 Å². The number of hydrogen-bond donors (Lipinski definition) is 5. The van der Waals surface area contributed by atoms with Crippen LogP contribution in [0.4, 0.5) is 17.1 Å². The molecular formula is C25H30N4O5. The first kappa shape index (κ1) is 23.4. The van der Waals surface area contributed by atoms with Crippen LogP contribution in [0.25, 0.3) is 0 Å². The Morgan fingerprint density at radius 3 is 2.26 bits per heavy atom. The minimum Gasteiger partial charge on any atom is -0.481 e. The van der Waals surface area contributed by atoms with Crippen LogP contribution in [0.2, 0.25) is 0 Å². The molecule has 0 saturated heterocycles. The fraction of sp³-hybridized carbons (Fsp3) is 0.400. The first-order valence-electron chi connectivity index (χ1n) is 11.3. The summed E-state index contributed by atoms with van der Waals surface area (Å²) in [4.78, 5) is 33.6. The van der Waals surface area contributed by atoms with Gasteiger partial charge in [0.25, 0.3) is 5.91 Å². The lowest BCUT2D eigenvalue weighted by molar-refractivity contribution is -0.147. The van der Waals surface area contributed by atoms with Crippen molar-refractivity contribution in [3.05, 3.63) is 52.6 Å². The summed E-state index contributed by atoms with van der Waals surface area (Å²) in [6.07, 6.45) is 3.47. The van der Waals surface area contributed by atoms with Crippen molar-refractivity contribution >= 4 is 34.9 Å². The number of amides is 1. The van der Waals surface area contributed by atoms with E-state index >= 15 is 0 Å². The van der Waals surface area contributed by atoms with Crippen molar-refractivity contribution in [2.45, 2.75) is 50.7 Å². The molecule has 2 aromatic rings. The second-order valence-electron chi connectivity index (χ2n) is 9.17. The number of carbonyl (C=O) groups is 3. The maximum absolute atomic E-state index is 12.6. The van der Waals surface area contributed by atoms with Crippen LogP contribution in [0.3, 0.4) is 0 Å². The van der Waals surface area contributed by atoms with Crippen LogP contribution in [0, 0.1) is 0 Å². The minimum absolute atomic E-state index is 0.00513. The molecule has 5 N–H and O–H groups in total. The molecule has 0 saturated carbocycles. The van der Waals surface area contributed by atoms with Gasteiger partial charge in [-0.1, -0.05) is 24.3 Å². The van der Waals surface area contributed by atoms with Gasteiger partial charge in [0.15, 0.2) is 0 Å². The summed E-state index contributed by atoms with van der Waals surface area (Å²) in [6.45, 7) is 2.15. The second kappa shape index (κ2) is 8.89. The lowest BCUT2D eigenvalue weighted by Gasteiger charge is -2.38. The first-order chi connectivity index (χ1) is 16.1. The van der Waals surface area contributed by atoms with Crippen molar-refractivity contribution in [1.82, 2.24) is 5.32 Å². The number of fused-ring (bicyclic) bond motifs is 4. The lowest BCUT2D eigenvalue weighted by Crippen LogP contribution is -2.43. The summed E-state index contributed by atoms with van der Waals surface area (Å²) in [7, 11) is 3.78. The van der Waals surface area contributed by atoms with Crippen molar-refractivity contribution in [3.8, 4) is 0 Å². The number of hydrogen-bond acceptors (Lipinski definition) is 6. The largest absolute Gasteiger partial charge is 0.481 e. The quantitative estimate of drug-likeness (QED) is 0.437. The van der Waals surface area contributed by atoms with Crippen LogP contribution < -0.4 is 20.9 Å². The molecule has 34 heavy (non-hydrogen) atoms. The third kappa shape index (κ3) is 4.25. The smallest absolute Gasteiger partial charge is 0.314 e. The topological polar surface area (TPSA) is 131 Å². The maximum Gasteiger partial charge on any atom is 0.314 e. The van der Waals surface area contributed by atoms with E-state index in [9.17, 15) is 14.4 Å². The van der Waals surface area contributed by atoms with Crippen LogP contribution in [-0.4, -0.2) is 53.9 Å². The Bertz CT molecular complexity index is 1130. The zero-order valence-electron chi connectivity index (χ0n) is 19.6. The van der Waals surface area contributed by atoms with Gasteiger partial charge in [-0.3, -0.25) is 14.4 Å². The van der Waals surface area contributed by atoms with Gasteiger partial charge in [-0.25, -0.2) is 0 Å². The summed E-state index contributed by atoms with van der Waals surface area (Å²) in [5, 5.41) is 25.8. The van der Waals surface area contributed by atoms with E-state index in [4.69, 9.17) is 10.2 Å². The van der Waals surface area contributed by atoms with Crippen molar-refractivity contribution in [1.29, 1.82) is 0 Å². The zero-order chi connectivity index (χ0) is 24.6. The standard InChI is InChI=1S/C22H26N4O.C3H4O4/c1-13-24-20-18(26(13)3)10-17(21(27)23-2)16-8-9-22(25-19(16)20)11-14-6-4-5-7-15(14)12-22;4-2(5)1-3(6)7/h4-7,10,13,24-25H,8-9,11-12H2,1-3H3,(H,23,27);1H2,(H,4,5)(H,6,7). The average Bonchev–Trinajstić information content (AvgIpc) is 3.28. The summed E-state index contributed by atoms with van der Waals surface area (Å²) in [6, 6.07) is 10.8. The fourth-order valence-electron chi connectivity index (χ4n) is 5.16. The van der Waals surface area contributed by atoms with Gasteiger partial charge >= 0.3 is 11.9 Å². The first-order valence-corrected chi connectivity index (χ1v) is 11.3. The van der Waals surface area contributed by atoms with Crippen LogP contribution >= 0.6 is 0 Å². The highest BCUT2D eigenvalue weighted by Crippen LogP contribution is 2.49. The molecular weight excluding hydrogens is 436 g/mol. The monoisotopic (exact) mass is 466 g/mol. The van der Waals surface area contributed by atoms with E-state index < -0.39 is 18.4 Å². The third-order valence-electron chi connectivity index (χ3n) is 6.92. The Balaban J connectivity index is 0.000000344. The molecule has 9 heteroatoms. The normalized spacial score (nSPS) is 18.4. The van der Waals surface area contributed by atoms with Crippen LogP contribution in [0.5, 0.6) is 0 Å². The van der Waals surface area contributed by atoms with Crippen molar-refractivity contribution in [2.75, 3.05) is 29.6 Å². The van der Waals surface area contributed by atoms with Crippen LogP contribution in [0.15, 0.2) is 30.3 Å². The average molecular weight is 467 g/mol. The number of aliphatic carboxylic acids is 2. The van der Waals surface area contributed by atoms with E-state index in [1.807, 2.05) is 6.07 Å². The summed E-state index contributed by atoms with van der Waals surface area (Å²) in [5.74, 6) is -2.63. The van der Waals surface area contributed by atoms with E-state index in [1.54, 1.807) is 7.05 Å². The van der Waals surface area contributed by atoms with Crippen molar-refractivity contribution in [3.63, 3.8) is 0 Å². The number of rotatable bonds is 3. The number of carbonyl (C=O) groups excluding carboxylic acids is 1. The summed E-state index contributed by atoms with van der Waals surface area (Å²) < 4.78 is 0. The Morgan fingerprint density at radius 2 is 1.74 bits per heavy atom. The molecule has 1 amide bonds. The SMILES string of the molecule is CNC(=O)c1cc2c(c3c1CCC1(Cc4ccccc4C1)N3)NC(C)N2C.O=C(O)CC(=O)O. The molecule has 3 aliphatic rings. The highest BCUT2D eigenvalue weighted by Gasteiger charge is 2.42. The molecule has 2 aromatic carbocycles. The Morgan fingerprint density at radius 1 is 1.12 bits per heavy atom. The van der Waals surface area contributed by atoms with E-state index in [0.29, 0.717) is 0 Å². The summed E-state index contributed by atoms with van der Waals surface area (Å²) in [5.41, 5.74) is 8.26. The van der Waals surface area contributed by atoms with E-state index in [-0.39, 0.29) is 17.6 Å². The Kier molecular flexibility index (Phi) is 6.12. The van der Waals surface area contributed by atoms with Gasteiger partial charge < -0.3 is 31.1 Å². The van der Waals surface area contributed by atoms with E-state index in [1.165, 1.54) is 11.1 Å². The predicted molar refractivity (Wildman–Crippen MR) is 130 cm³/mol. The number of nitrogens with zero attached hydrogens (tertiary/aromatic N) is 1. The van der Waals surface area contributed by atoms with Crippen molar-refractivity contribution < 1.29 is 24.6 Å². The molecule has 0 fully saturated rings. The van der Waals surface area contributed by atoms with Gasteiger partial charge in [-0.2, -0.15) is 0 Å². The third-order valence-corrected chi connectivity index (χ3v) is 6.92. The van der Waals surface area contributed by atoms with Gasteiger partial charge in [0, 0.05) is 25.2 Å². The number of carboxylic acid groups (broad SMARTS) is 2. The van der Waals surface area contributed by atoms with Gasteiger partial charge in [0.05, 0.1) is 23.2 Å². The molecule has 1 atom stereocenters. The molecule has 2 heterocycles. The molecule has 2 aliphatic heterocycles. The van der Waals surface area contributed by atoms with Gasteiger partial charge in [0.2, 0.25) is 0 Å². The second-order valence-corrected chi connectivity index (χ2v) is 9.17. The molecule has 1 aliphatic carbocycles. The lowest BCUT2D eigenvalue weighted by atomic mass is 9.81. The fourth-order valence-corrected chi connectivity index (χ4v) is 5.16. The number of carboxylic acids is 2. The molecule has 0 bridgehead atoms. The van der Waals surface area contributed by atoms with Crippen LogP contribution in [0.1, 0.15) is 46.8 Å². The van der Waals surface area contributed by atoms with Crippen LogP contribution in [-0.2, 0) is 28.9 Å². The van der Waals surface area contributed by atoms with Crippen molar-refractivity contribution in [2.24, 2.45) is 0 Å². The summed E-state index contributed by atoms with van der Waals surface area (Å²) >= 11 is 0. The Labute approximate surface area is 198 Å². The van der Waals surface area contributed by atoms with Gasteiger partial charge in [0.1, 0.15) is 6.42 Å². The highest BCUT2D eigenvalue weighted by molar-refractivity contribution is 6.03. The molecule has 180 valence electrons. The number of anilines is 3.